The van der Waals surface area contributed by atoms with Crippen molar-refractivity contribution < 1.29 is 46.1 Å². The van der Waals surface area contributed by atoms with Crippen molar-refractivity contribution in [1.29, 1.82) is 0 Å². The van der Waals surface area contributed by atoms with Crippen LogP contribution in [-0.2, 0) is 21.3 Å². The van der Waals surface area contributed by atoms with E-state index in [1.807, 2.05) is 0 Å². The third-order valence-electron chi connectivity index (χ3n) is 6.40. The Balaban J connectivity index is 0.00000160. The fourth-order valence-corrected chi connectivity index (χ4v) is 21.9. The van der Waals surface area contributed by atoms with Gasteiger partial charge in [0.2, 0.25) is 0 Å². The van der Waals surface area contributed by atoms with Crippen LogP contribution in [0.5, 0.6) is 0 Å². The summed E-state index contributed by atoms with van der Waals surface area (Å²) in [7, 11) is 0. The van der Waals surface area contributed by atoms with Crippen LogP contribution >= 0.6 is 0 Å². The quantitative estimate of drug-likeness (QED) is 0.419. The second-order valence-electron chi connectivity index (χ2n) is 9.14. The number of allylic oxidation sites excluding steroid dienone is 2. The zero-order valence-electron chi connectivity index (χ0n) is 18.8. The molecule has 2 atom stereocenters. The molecule has 0 N–H and O–H groups in total. The van der Waals surface area contributed by atoms with Crippen LogP contribution in [-0.4, -0.2) is 31.9 Å². The number of rotatable bonds is 4. The number of halogens is 2. The molecule has 0 fully saturated rings. The molecule has 2 aliphatic carbocycles. The van der Waals surface area contributed by atoms with Crippen molar-refractivity contribution in [3.05, 3.63) is 82.9 Å². The predicted octanol–water partition coefficient (Wildman–Crippen LogP) is 0.153. The number of benzene rings is 2. The Morgan fingerprint density at radius 2 is 1.03 bits per heavy atom. The van der Waals surface area contributed by atoms with Gasteiger partial charge in [-0.25, -0.2) is 0 Å². The number of fused-ring (bicyclic) bond motifs is 2. The first-order valence-corrected chi connectivity index (χ1v) is 26.9. The maximum Gasteiger partial charge on any atom is -1.00 e. The van der Waals surface area contributed by atoms with Crippen molar-refractivity contribution in [3.63, 3.8) is 0 Å². The topological polar surface area (TPSA) is 0 Å². The summed E-state index contributed by atoms with van der Waals surface area (Å²) >= 11 is -4.60. The SMILES string of the molecule is C[C](C)=[Zr+2]([CH]1C=[C]([GeH]([CH3])[CH3])c2ccccc21)[CH]1C=[C]([GeH]([CH3])[CH3])c2ccccc21.[Cl-].[Cl-]. The van der Waals surface area contributed by atoms with Gasteiger partial charge in [0.15, 0.2) is 0 Å². The summed E-state index contributed by atoms with van der Waals surface area (Å²) in [4.78, 5) is 0. The van der Waals surface area contributed by atoms with Gasteiger partial charge in [0, 0.05) is 0 Å². The summed E-state index contributed by atoms with van der Waals surface area (Å²) in [6.45, 7) is 4.90. The summed E-state index contributed by atoms with van der Waals surface area (Å²) in [6, 6.07) is 18.8. The molecule has 2 aromatic carbocycles. The molecule has 0 spiro atoms. The van der Waals surface area contributed by atoms with Gasteiger partial charge in [-0.05, 0) is 0 Å². The molecular formula is C25H32Cl2Ge2Zr. The van der Waals surface area contributed by atoms with Gasteiger partial charge in [-0.15, -0.1) is 0 Å². The molecule has 0 heterocycles. The van der Waals surface area contributed by atoms with Gasteiger partial charge in [-0.3, -0.25) is 0 Å². The molecule has 0 amide bonds. The average molecular weight is 640 g/mol. The summed E-state index contributed by atoms with van der Waals surface area (Å²) in [5.74, 6) is 10.2. The molecular weight excluding hydrogens is 608 g/mol. The van der Waals surface area contributed by atoms with E-state index in [1.165, 1.54) is 0 Å². The Morgan fingerprint density at radius 1 is 0.667 bits per heavy atom. The van der Waals surface area contributed by atoms with Crippen LogP contribution in [0.2, 0.25) is 23.0 Å². The van der Waals surface area contributed by atoms with Crippen molar-refractivity contribution in [3.8, 4) is 0 Å². The standard InChI is InChI=1S/2C11H13Ge.C3H6.2ClH.Zr/c2*1-12(2)11-8-7-9-5-3-4-6-10(9)11;1-3-2;;;/h2*3-8,12H,1-2H3;1-2H3;2*1H;/q;;;;;+2/p-2. The van der Waals surface area contributed by atoms with Crippen molar-refractivity contribution in [2.45, 2.75) is 44.1 Å². The molecule has 5 heteroatoms. The van der Waals surface area contributed by atoms with E-state index in [1.54, 1.807) is 34.3 Å². The third kappa shape index (κ3) is 4.81. The molecule has 0 radical (unpaired) electrons. The van der Waals surface area contributed by atoms with E-state index in [9.17, 15) is 0 Å². The molecule has 2 unspecified atom stereocenters. The Kier molecular flexibility index (Phi) is 9.73. The van der Waals surface area contributed by atoms with Crippen LogP contribution < -0.4 is 24.8 Å². The van der Waals surface area contributed by atoms with Crippen LogP contribution in [0.3, 0.4) is 0 Å². The first-order chi connectivity index (χ1) is 13.4. The normalized spacial score (nSPS) is 18.5. The Morgan fingerprint density at radius 3 is 1.37 bits per heavy atom. The number of hydrogen-bond acceptors (Lipinski definition) is 0. The maximum atomic E-state index is 2.77. The van der Waals surface area contributed by atoms with E-state index in [0.717, 1.165) is 7.25 Å². The van der Waals surface area contributed by atoms with Gasteiger partial charge >= 0.3 is 189 Å². The predicted molar refractivity (Wildman–Crippen MR) is 128 cm³/mol. The van der Waals surface area contributed by atoms with E-state index in [4.69, 9.17) is 0 Å². The zero-order valence-corrected chi connectivity index (χ0v) is 27.7. The van der Waals surface area contributed by atoms with E-state index in [0.29, 0.717) is 0 Å². The number of hydrogen-bond donors (Lipinski definition) is 0. The Bertz CT molecular complexity index is 942. The molecule has 0 bridgehead atoms. The van der Waals surface area contributed by atoms with Crippen LogP contribution in [0.4, 0.5) is 0 Å². The zero-order chi connectivity index (χ0) is 20.0. The van der Waals surface area contributed by atoms with Gasteiger partial charge in [-0.2, -0.15) is 0 Å². The molecule has 158 valence electrons. The van der Waals surface area contributed by atoms with Gasteiger partial charge in [0.25, 0.3) is 0 Å². The van der Waals surface area contributed by atoms with Gasteiger partial charge < -0.3 is 24.8 Å². The van der Waals surface area contributed by atoms with Crippen LogP contribution in [0.15, 0.2) is 60.7 Å². The molecule has 30 heavy (non-hydrogen) atoms. The van der Waals surface area contributed by atoms with Crippen LogP contribution in [0.1, 0.15) is 43.4 Å². The van der Waals surface area contributed by atoms with Crippen LogP contribution in [0, 0.1) is 0 Å². The monoisotopic (exact) mass is 640 g/mol. The second kappa shape index (κ2) is 11.0. The van der Waals surface area contributed by atoms with E-state index in [2.05, 4.69) is 97.6 Å². The van der Waals surface area contributed by atoms with Crippen molar-refractivity contribution in [2.24, 2.45) is 0 Å². The molecule has 0 aromatic heterocycles. The van der Waals surface area contributed by atoms with Gasteiger partial charge in [0.1, 0.15) is 0 Å². The summed E-state index contributed by atoms with van der Waals surface area (Å²) < 4.78 is 6.75. The molecule has 0 saturated carbocycles. The largest absolute Gasteiger partial charge is 1.00 e. The molecule has 0 aliphatic heterocycles. The van der Waals surface area contributed by atoms with E-state index in [-0.39, 0.29) is 24.8 Å². The van der Waals surface area contributed by atoms with Gasteiger partial charge in [-0.1, -0.05) is 0 Å². The molecule has 0 nitrogen and oxygen atoms in total. The summed E-state index contributed by atoms with van der Waals surface area (Å²) in [6.07, 6.45) is 5.53. The molecule has 2 aliphatic rings. The summed E-state index contributed by atoms with van der Waals surface area (Å²) in [5.41, 5.74) is 6.55. The molecule has 0 saturated heterocycles. The van der Waals surface area contributed by atoms with Crippen molar-refractivity contribution in [2.75, 3.05) is 0 Å². The molecule has 4 rings (SSSR count). The van der Waals surface area contributed by atoms with E-state index < -0.39 is 50.0 Å². The van der Waals surface area contributed by atoms with Crippen LogP contribution in [0.25, 0.3) is 8.81 Å². The average Bonchev–Trinajstić information content (AvgIpc) is 3.22. The first kappa shape index (κ1) is 26.6. The minimum Gasteiger partial charge on any atom is -1.00 e. The first-order valence-electron chi connectivity index (χ1n) is 10.7. The maximum absolute atomic E-state index is 2.77. The Labute approximate surface area is 211 Å². The van der Waals surface area contributed by atoms with Gasteiger partial charge in [0.05, 0.1) is 0 Å². The minimum atomic E-state index is -1.96. The molecule has 2 aromatic rings. The van der Waals surface area contributed by atoms with Crippen molar-refractivity contribution in [1.82, 2.24) is 0 Å². The van der Waals surface area contributed by atoms with Crippen molar-refractivity contribution >= 4 is 40.7 Å². The minimum absolute atomic E-state index is 0. The smallest absolute Gasteiger partial charge is 1.00 e. The fourth-order valence-electron chi connectivity index (χ4n) is 5.12. The third-order valence-corrected chi connectivity index (χ3v) is 22.2. The second-order valence-corrected chi connectivity index (χ2v) is 29.2. The van der Waals surface area contributed by atoms with E-state index >= 15 is 0 Å². The fraction of sp³-hybridized carbons (Fsp3) is 0.320. The summed E-state index contributed by atoms with van der Waals surface area (Å²) in [5, 5.41) is 0. The Hall–Kier alpha value is 0.339.